The van der Waals surface area contributed by atoms with E-state index in [4.69, 9.17) is 9.56 Å². The first-order valence-electron chi connectivity index (χ1n) is 9.89. The van der Waals surface area contributed by atoms with E-state index in [9.17, 15) is 23.2 Å². The van der Waals surface area contributed by atoms with Crippen molar-refractivity contribution in [3.63, 3.8) is 0 Å². The van der Waals surface area contributed by atoms with Gasteiger partial charge in [-0.1, -0.05) is 19.8 Å². The highest BCUT2D eigenvalue weighted by atomic mass is 32.2. The fourth-order valence-corrected chi connectivity index (χ4v) is 4.31. The predicted molar refractivity (Wildman–Crippen MR) is 107 cm³/mol. The van der Waals surface area contributed by atoms with Crippen LogP contribution in [0.2, 0.25) is 0 Å². The summed E-state index contributed by atoms with van der Waals surface area (Å²) in [6.45, 7) is 2.45. The zero-order valence-corrected chi connectivity index (χ0v) is 17.5. The lowest BCUT2D eigenvalue weighted by Crippen LogP contribution is -2.40. The molecule has 1 saturated heterocycles. The number of likely N-dealkylation sites (tertiary alicyclic amines) is 1. The smallest absolute Gasteiger partial charge is 0.238 e. The van der Waals surface area contributed by atoms with Gasteiger partial charge in [0.15, 0.2) is 5.58 Å². The first-order chi connectivity index (χ1) is 14.2. The Hall–Kier alpha value is -2.50. The van der Waals surface area contributed by atoms with Crippen LogP contribution < -0.4 is 5.14 Å². The molecule has 0 saturated carbocycles. The van der Waals surface area contributed by atoms with Crippen LogP contribution >= 0.6 is 0 Å². The van der Waals surface area contributed by atoms with Crippen molar-refractivity contribution >= 4 is 33.4 Å². The van der Waals surface area contributed by atoms with Crippen molar-refractivity contribution in [2.24, 2.45) is 11.1 Å². The van der Waals surface area contributed by atoms with Crippen molar-refractivity contribution in [2.45, 2.75) is 50.0 Å². The summed E-state index contributed by atoms with van der Waals surface area (Å²) in [4.78, 5) is 30.0. The highest BCUT2D eigenvalue weighted by Gasteiger charge is 2.37. The standard InChI is InChI=1S/C19H26N4O6S/c1-2-3-5-13(11-22(26)12-24)19(25)23-9-4-6-16(23)18-21-15-10-14(30(20,27)28)7-8-17(15)29-18/h7-8,10,12-13,16,26H,2-6,9,11H2,1H3,(H2,20,27,28). The third-order valence-corrected chi connectivity index (χ3v) is 6.22. The third kappa shape index (κ3) is 4.79. The number of sulfonamides is 1. The van der Waals surface area contributed by atoms with Gasteiger partial charge >= 0.3 is 0 Å². The van der Waals surface area contributed by atoms with Crippen molar-refractivity contribution in [2.75, 3.05) is 13.1 Å². The van der Waals surface area contributed by atoms with E-state index in [0.717, 1.165) is 19.3 Å². The molecular weight excluding hydrogens is 412 g/mol. The SMILES string of the molecule is CCCCC(CN(O)C=O)C(=O)N1CCCC1c1nc2cc(S(N)(=O)=O)ccc2o1. The van der Waals surface area contributed by atoms with Crippen molar-refractivity contribution in [1.29, 1.82) is 0 Å². The summed E-state index contributed by atoms with van der Waals surface area (Å²) >= 11 is 0. The molecule has 10 nitrogen and oxygen atoms in total. The highest BCUT2D eigenvalue weighted by Crippen LogP contribution is 2.35. The third-order valence-electron chi connectivity index (χ3n) is 5.31. The summed E-state index contributed by atoms with van der Waals surface area (Å²) in [6.07, 6.45) is 3.93. The number of hydrogen-bond donors (Lipinski definition) is 2. The Morgan fingerprint density at radius 1 is 1.50 bits per heavy atom. The zero-order valence-electron chi connectivity index (χ0n) is 16.7. The van der Waals surface area contributed by atoms with E-state index < -0.39 is 22.0 Å². The van der Waals surface area contributed by atoms with Gasteiger partial charge in [0.05, 0.1) is 17.4 Å². The zero-order chi connectivity index (χ0) is 21.9. The Balaban J connectivity index is 1.86. The second kappa shape index (κ2) is 9.11. The predicted octanol–water partition coefficient (Wildman–Crippen LogP) is 1.79. The molecular formula is C19H26N4O6S. The summed E-state index contributed by atoms with van der Waals surface area (Å²) in [5, 5.41) is 15.3. The topological polar surface area (TPSA) is 147 Å². The van der Waals surface area contributed by atoms with Gasteiger partial charge in [0.1, 0.15) is 11.6 Å². The number of fused-ring (bicyclic) bond motifs is 1. The molecule has 0 spiro atoms. The number of aromatic nitrogens is 1. The number of primary sulfonamides is 1. The summed E-state index contributed by atoms with van der Waals surface area (Å²) in [5.41, 5.74) is 0.752. The van der Waals surface area contributed by atoms with Crippen molar-refractivity contribution < 1.29 is 27.6 Å². The van der Waals surface area contributed by atoms with Crippen LogP contribution in [-0.2, 0) is 19.6 Å². The summed E-state index contributed by atoms with van der Waals surface area (Å²) in [6, 6.07) is 3.79. The minimum absolute atomic E-state index is 0.0641. The Bertz CT molecular complexity index is 1020. The number of nitrogens with zero attached hydrogens (tertiary/aromatic N) is 3. The lowest BCUT2D eigenvalue weighted by atomic mass is 9.99. The van der Waals surface area contributed by atoms with Crippen molar-refractivity contribution in [1.82, 2.24) is 14.9 Å². The van der Waals surface area contributed by atoms with Crippen LogP contribution in [0.15, 0.2) is 27.5 Å². The second-order valence-corrected chi connectivity index (χ2v) is 9.04. The molecule has 2 aromatic rings. The molecule has 3 rings (SSSR count). The van der Waals surface area contributed by atoms with Gasteiger partial charge in [-0.15, -0.1) is 0 Å². The van der Waals surface area contributed by atoms with Crippen molar-refractivity contribution in [3.8, 4) is 0 Å². The molecule has 30 heavy (non-hydrogen) atoms. The number of oxazole rings is 1. The quantitative estimate of drug-likeness (QED) is 0.344. The van der Waals surface area contributed by atoms with Crippen LogP contribution in [0.4, 0.5) is 0 Å². The molecule has 11 heteroatoms. The van der Waals surface area contributed by atoms with Crippen LogP contribution in [0.25, 0.3) is 11.1 Å². The summed E-state index contributed by atoms with van der Waals surface area (Å²) in [5.74, 6) is -0.369. The van der Waals surface area contributed by atoms with Gasteiger partial charge < -0.3 is 9.32 Å². The van der Waals surface area contributed by atoms with E-state index in [1.807, 2.05) is 6.92 Å². The minimum atomic E-state index is -3.87. The minimum Gasteiger partial charge on any atom is -0.438 e. The van der Waals surface area contributed by atoms with Gasteiger partial charge in [0.25, 0.3) is 0 Å². The van der Waals surface area contributed by atoms with E-state index in [1.54, 1.807) is 4.90 Å². The van der Waals surface area contributed by atoms with Gasteiger partial charge in [-0.05, 0) is 37.5 Å². The van der Waals surface area contributed by atoms with Crippen LogP contribution in [0.3, 0.4) is 0 Å². The number of hydroxylamine groups is 2. The van der Waals surface area contributed by atoms with E-state index in [1.165, 1.54) is 18.2 Å². The molecule has 1 aromatic heterocycles. The van der Waals surface area contributed by atoms with Gasteiger partial charge in [0.2, 0.25) is 28.2 Å². The Kier molecular flexibility index (Phi) is 6.74. The number of benzene rings is 1. The molecule has 0 bridgehead atoms. The molecule has 2 amide bonds. The average Bonchev–Trinajstić information content (AvgIpc) is 3.35. The molecule has 2 heterocycles. The van der Waals surface area contributed by atoms with E-state index in [0.29, 0.717) is 41.4 Å². The van der Waals surface area contributed by atoms with Gasteiger partial charge in [-0.2, -0.15) is 0 Å². The molecule has 0 aliphatic carbocycles. The van der Waals surface area contributed by atoms with Crippen LogP contribution in [0, 0.1) is 5.92 Å². The van der Waals surface area contributed by atoms with E-state index in [-0.39, 0.29) is 23.8 Å². The first kappa shape index (κ1) is 22.2. The maximum absolute atomic E-state index is 13.2. The fraction of sp³-hybridized carbons (Fsp3) is 0.526. The van der Waals surface area contributed by atoms with Crippen LogP contribution in [-0.4, -0.2) is 54.0 Å². The maximum Gasteiger partial charge on any atom is 0.238 e. The number of hydrogen-bond acceptors (Lipinski definition) is 7. The van der Waals surface area contributed by atoms with Gasteiger partial charge in [-0.25, -0.2) is 23.6 Å². The molecule has 164 valence electrons. The second-order valence-electron chi connectivity index (χ2n) is 7.48. The average molecular weight is 439 g/mol. The maximum atomic E-state index is 13.2. The number of nitrogens with two attached hydrogens (primary N) is 1. The Labute approximate surface area is 174 Å². The lowest BCUT2D eigenvalue weighted by molar-refractivity contribution is -0.157. The molecule has 1 aliphatic rings. The molecule has 2 unspecified atom stereocenters. The van der Waals surface area contributed by atoms with E-state index >= 15 is 0 Å². The monoisotopic (exact) mass is 438 g/mol. The van der Waals surface area contributed by atoms with E-state index in [2.05, 4.69) is 4.98 Å². The number of carbonyl (C=O) groups excluding carboxylic acids is 2. The van der Waals surface area contributed by atoms with Gasteiger partial charge in [0, 0.05) is 6.54 Å². The molecule has 3 N–H and O–H groups in total. The summed E-state index contributed by atoms with van der Waals surface area (Å²) in [7, 11) is -3.87. The van der Waals surface area contributed by atoms with Gasteiger partial charge in [-0.3, -0.25) is 14.8 Å². The number of rotatable bonds is 9. The van der Waals surface area contributed by atoms with Crippen molar-refractivity contribution in [3.05, 3.63) is 24.1 Å². The number of unbranched alkanes of at least 4 members (excludes halogenated alkanes) is 1. The number of carbonyl (C=O) groups is 2. The molecule has 2 atom stereocenters. The molecule has 1 aliphatic heterocycles. The molecule has 1 aromatic carbocycles. The Morgan fingerprint density at radius 3 is 2.93 bits per heavy atom. The lowest BCUT2D eigenvalue weighted by Gasteiger charge is -2.28. The largest absolute Gasteiger partial charge is 0.438 e. The normalized spacial score (nSPS) is 18.0. The summed E-state index contributed by atoms with van der Waals surface area (Å²) < 4.78 is 29.0. The fourth-order valence-electron chi connectivity index (χ4n) is 3.78. The molecule has 0 radical (unpaired) electrons. The van der Waals surface area contributed by atoms with Crippen LogP contribution in [0.1, 0.15) is 51.0 Å². The first-order valence-corrected chi connectivity index (χ1v) is 11.4. The number of amides is 2. The molecule has 1 fully saturated rings. The Morgan fingerprint density at radius 2 is 2.27 bits per heavy atom. The van der Waals surface area contributed by atoms with Crippen LogP contribution in [0.5, 0.6) is 0 Å². The highest BCUT2D eigenvalue weighted by molar-refractivity contribution is 7.89.